The number of carbonyl (C=O) groups excluding carboxylic acids is 1. The van der Waals surface area contributed by atoms with E-state index in [1.54, 1.807) is 0 Å². The first-order chi connectivity index (χ1) is 2.81. The van der Waals surface area contributed by atoms with Gasteiger partial charge in [-0.1, -0.05) is 12.8 Å². The number of hydrogen-bond donors (Lipinski definition) is 1. The molecule has 0 unspecified atom stereocenters. The van der Waals surface area contributed by atoms with Crippen LogP contribution in [0, 0.1) is 6.92 Å². The molecule has 1 amide bonds. The van der Waals surface area contributed by atoms with Gasteiger partial charge in [0.05, 0.1) is 0 Å². The Morgan fingerprint density at radius 3 is 2.50 bits per heavy atom. The fourth-order valence-corrected chi connectivity index (χ4v) is 0.0527. The summed E-state index contributed by atoms with van der Waals surface area (Å²) in [5.74, 6) is 0. The van der Waals surface area contributed by atoms with Gasteiger partial charge in [-0.05, 0) is 6.92 Å². The van der Waals surface area contributed by atoms with Crippen molar-refractivity contribution in [3.63, 3.8) is 0 Å². The number of thiol groups is 1. The molecule has 0 aromatic rings. The number of amides is 1. The Morgan fingerprint density at radius 1 is 2.00 bits per heavy atom. The van der Waals surface area contributed by atoms with Crippen LogP contribution in [-0.2, 0) is 4.79 Å². The molecular formula is C3H6NOS. The maximum absolute atomic E-state index is 9.55. The molecule has 0 fully saturated rings. The van der Waals surface area contributed by atoms with Crippen LogP contribution in [0.4, 0.5) is 0 Å². The zero-order chi connectivity index (χ0) is 4.99. The zero-order valence-electron chi connectivity index (χ0n) is 3.29. The Hall–Kier alpha value is -0.180. The van der Waals surface area contributed by atoms with Gasteiger partial charge in [-0.15, -0.1) is 0 Å². The van der Waals surface area contributed by atoms with Crippen LogP contribution in [-0.4, -0.2) is 17.3 Å². The summed E-state index contributed by atoms with van der Waals surface area (Å²) in [6.07, 6.45) is 0.607. The molecule has 0 aromatic carbocycles. The predicted molar refractivity (Wildman–Crippen MR) is 27.1 cm³/mol. The van der Waals surface area contributed by atoms with Gasteiger partial charge in [0.15, 0.2) is 0 Å². The van der Waals surface area contributed by atoms with Gasteiger partial charge in [0.1, 0.15) is 0 Å². The van der Waals surface area contributed by atoms with Crippen LogP contribution in [0.15, 0.2) is 0 Å². The first-order valence-corrected chi connectivity index (χ1v) is 1.91. The molecule has 0 aliphatic carbocycles. The van der Waals surface area contributed by atoms with Gasteiger partial charge in [0, 0.05) is 6.54 Å². The monoisotopic (exact) mass is 104 g/mol. The molecule has 0 heterocycles. The number of rotatable bonds is 2. The third-order valence-electron chi connectivity index (χ3n) is 0.351. The van der Waals surface area contributed by atoms with Crippen LogP contribution in [0.2, 0.25) is 0 Å². The van der Waals surface area contributed by atoms with Gasteiger partial charge in [0.2, 0.25) is 6.41 Å². The van der Waals surface area contributed by atoms with Crippen LogP contribution in [0.25, 0.3) is 0 Å². The molecule has 0 aromatic heterocycles. The van der Waals surface area contributed by atoms with E-state index in [0.29, 0.717) is 13.0 Å². The van der Waals surface area contributed by atoms with Crippen LogP contribution in [0.3, 0.4) is 0 Å². The lowest BCUT2D eigenvalue weighted by Crippen LogP contribution is -2.06. The van der Waals surface area contributed by atoms with Gasteiger partial charge in [-0.2, -0.15) is 0 Å². The van der Waals surface area contributed by atoms with E-state index in [9.17, 15) is 4.79 Å². The molecule has 0 rings (SSSR count). The van der Waals surface area contributed by atoms with Crippen LogP contribution >= 0.6 is 12.8 Å². The molecule has 0 N–H and O–H groups in total. The summed E-state index contributed by atoms with van der Waals surface area (Å²) in [7, 11) is 0. The van der Waals surface area contributed by atoms with Crippen molar-refractivity contribution in [3.8, 4) is 0 Å². The number of carbonyl (C=O) groups is 1. The van der Waals surface area contributed by atoms with Crippen molar-refractivity contribution < 1.29 is 4.79 Å². The summed E-state index contributed by atoms with van der Waals surface area (Å²) in [6.45, 7) is 3.78. The van der Waals surface area contributed by atoms with Crippen LogP contribution < -0.4 is 0 Å². The minimum atomic E-state index is 0.409. The van der Waals surface area contributed by atoms with E-state index in [4.69, 9.17) is 0 Å². The Balaban J connectivity index is 2.96. The normalized spacial score (nSPS) is 7.67. The fraction of sp³-hybridized carbons (Fsp3) is 0.333. The van der Waals surface area contributed by atoms with Crippen LogP contribution in [0.1, 0.15) is 0 Å². The molecule has 0 bridgehead atoms. The van der Waals surface area contributed by atoms with Crippen molar-refractivity contribution in [2.45, 2.75) is 0 Å². The maximum Gasteiger partial charge on any atom is 0.219 e. The van der Waals surface area contributed by atoms with E-state index in [2.05, 4.69) is 19.7 Å². The quantitative estimate of drug-likeness (QED) is 0.390. The summed E-state index contributed by atoms with van der Waals surface area (Å²) in [4.78, 5) is 9.55. The topological polar surface area (TPSA) is 20.3 Å². The molecule has 0 aliphatic rings. The van der Waals surface area contributed by atoms with E-state index in [1.165, 1.54) is 0 Å². The molecule has 0 aliphatic heterocycles. The van der Waals surface area contributed by atoms with E-state index in [-0.39, 0.29) is 0 Å². The lowest BCUT2D eigenvalue weighted by molar-refractivity contribution is -0.113. The predicted octanol–water partition coefficient (Wildman–Crippen LogP) is 0.124. The summed E-state index contributed by atoms with van der Waals surface area (Å²) >= 11 is 3.63. The molecule has 3 heteroatoms. The summed E-state index contributed by atoms with van der Waals surface area (Å²) in [5, 5.41) is 0. The Labute approximate surface area is 42.7 Å². The van der Waals surface area contributed by atoms with Gasteiger partial charge < -0.3 is 0 Å². The third-order valence-corrected chi connectivity index (χ3v) is 0.645. The second kappa shape index (κ2) is 3.03. The first-order valence-electron chi connectivity index (χ1n) is 1.51. The average molecular weight is 104 g/mol. The summed E-state index contributed by atoms with van der Waals surface area (Å²) < 4.78 is 1.15. The van der Waals surface area contributed by atoms with E-state index in [1.807, 2.05) is 0 Å². The lowest BCUT2D eigenvalue weighted by atomic mass is 10.8. The molecule has 0 spiro atoms. The Bertz CT molecular complexity index is 48.1. The summed E-state index contributed by atoms with van der Waals surface area (Å²) in [6, 6.07) is 0. The fourth-order valence-electron chi connectivity index (χ4n) is 0.0527. The summed E-state index contributed by atoms with van der Waals surface area (Å²) in [5.41, 5.74) is 0. The Morgan fingerprint density at radius 2 is 2.50 bits per heavy atom. The zero-order valence-corrected chi connectivity index (χ0v) is 4.19. The van der Waals surface area contributed by atoms with Crippen molar-refractivity contribution in [1.82, 2.24) is 4.31 Å². The first kappa shape index (κ1) is 5.82. The van der Waals surface area contributed by atoms with Gasteiger partial charge in [-0.25, -0.2) is 0 Å². The molecule has 6 heavy (non-hydrogen) atoms. The second-order valence-corrected chi connectivity index (χ2v) is 1.28. The van der Waals surface area contributed by atoms with Crippen molar-refractivity contribution in [2.75, 3.05) is 6.54 Å². The van der Waals surface area contributed by atoms with E-state index < -0.39 is 0 Å². The molecule has 35 valence electrons. The highest BCUT2D eigenvalue weighted by atomic mass is 32.1. The van der Waals surface area contributed by atoms with Gasteiger partial charge >= 0.3 is 0 Å². The van der Waals surface area contributed by atoms with Crippen molar-refractivity contribution in [2.24, 2.45) is 0 Å². The highest BCUT2D eigenvalue weighted by Crippen LogP contribution is 1.80. The molecule has 0 atom stereocenters. The maximum atomic E-state index is 9.55. The molecule has 2 nitrogen and oxygen atoms in total. The number of nitrogens with zero attached hydrogens (tertiary/aromatic N) is 1. The molecule has 0 saturated heterocycles. The highest BCUT2D eigenvalue weighted by molar-refractivity contribution is 7.78. The molecular weight excluding hydrogens is 98.1 g/mol. The van der Waals surface area contributed by atoms with Crippen molar-refractivity contribution in [1.29, 1.82) is 0 Å². The van der Waals surface area contributed by atoms with Gasteiger partial charge in [0.25, 0.3) is 0 Å². The number of hydrogen-bond acceptors (Lipinski definition) is 2. The average Bonchev–Trinajstić information content (AvgIpc) is 1.65. The highest BCUT2D eigenvalue weighted by Gasteiger charge is 1.81. The van der Waals surface area contributed by atoms with Gasteiger partial charge in [-0.3, -0.25) is 9.10 Å². The van der Waals surface area contributed by atoms with E-state index >= 15 is 0 Å². The second-order valence-electron chi connectivity index (χ2n) is 0.768. The standard InChI is InChI=1S/C3H6NOS/c1-2-4(6)3-5/h3,6H,1-2H2. The lowest BCUT2D eigenvalue weighted by Gasteiger charge is -1.99. The molecule has 1 radical (unpaired) electrons. The minimum Gasteiger partial charge on any atom is -0.292 e. The SMILES string of the molecule is [CH2]CN(S)C=O. The van der Waals surface area contributed by atoms with E-state index in [0.717, 1.165) is 4.31 Å². The van der Waals surface area contributed by atoms with Crippen molar-refractivity contribution in [3.05, 3.63) is 6.92 Å². The van der Waals surface area contributed by atoms with Crippen molar-refractivity contribution >= 4 is 19.2 Å². The molecule has 0 saturated carbocycles. The largest absolute Gasteiger partial charge is 0.292 e. The minimum absolute atomic E-state index is 0.409. The van der Waals surface area contributed by atoms with Crippen LogP contribution in [0.5, 0.6) is 0 Å². The third kappa shape index (κ3) is 2.08. The smallest absolute Gasteiger partial charge is 0.219 e. The Kier molecular flexibility index (Phi) is 2.94.